The van der Waals surface area contributed by atoms with Crippen LogP contribution in [0.4, 0.5) is 8.78 Å². The number of rotatable bonds is 3. The highest BCUT2D eigenvalue weighted by Gasteiger charge is 2.24. The Bertz CT molecular complexity index is 717. The van der Waals surface area contributed by atoms with E-state index in [0.717, 1.165) is 29.4 Å². The predicted octanol–water partition coefficient (Wildman–Crippen LogP) is 3.11. The van der Waals surface area contributed by atoms with Crippen LogP contribution in [0.15, 0.2) is 23.6 Å². The summed E-state index contributed by atoms with van der Waals surface area (Å²) in [4.78, 5) is 20.6. The Balaban J connectivity index is 0.00000208. The van der Waals surface area contributed by atoms with E-state index in [4.69, 9.17) is 0 Å². The molecule has 0 aliphatic carbocycles. The number of hydrogen-bond donors (Lipinski definition) is 0. The van der Waals surface area contributed by atoms with E-state index in [0.29, 0.717) is 26.2 Å². The van der Waals surface area contributed by atoms with E-state index in [1.807, 2.05) is 12.3 Å². The summed E-state index contributed by atoms with van der Waals surface area (Å²) < 4.78 is 26.7. The van der Waals surface area contributed by atoms with Crippen LogP contribution >= 0.6 is 23.7 Å². The Morgan fingerprint density at radius 1 is 1.25 bits per heavy atom. The average Bonchev–Trinajstić information content (AvgIpc) is 2.92. The van der Waals surface area contributed by atoms with Crippen LogP contribution in [0, 0.1) is 18.6 Å². The van der Waals surface area contributed by atoms with Gasteiger partial charge in [-0.25, -0.2) is 13.8 Å². The number of aromatic nitrogens is 1. The lowest BCUT2D eigenvalue weighted by Gasteiger charge is -2.34. The zero-order chi connectivity index (χ0) is 16.4. The summed E-state index contributed by atoms with van der Waals surface area (Å²) in [5.74, 6) is -1.87. The lowest BCUT2D eigenvalue weighted by atomic mass is 10.1. The molecule has 0 atom stereocenters. The van der Waals surface area contributed by atoms with Crippen molar-refractivity contribution < 1.29 is 13.6 Å². The number of thiazole rings is 1. The van der Waals surface area contributed by atoms with Gasteiger partial charge in [0.15, 0.2) is 0 Å². The third-order valence-corrected chi connectivity index (χ3v) is 4.80. The molecule has 1 aliphatic rings. The smallest absolute Gasteiger partial charge is 0.256 e. The topological polar surface area (TPSA) is 36.4 Å². The van der Waals surface area contributed by atoms with Gasteiger partial charge in [0.05, 0.1) is 12.1 Å². The highest BCUT2D eigenvalue weighted by molar-refractivity contribution is 7.09. The van der Waals surface area contributed by atoms with Gasteiger partial charge in [-0.15, -0.1) is 23.7 Å². The molecule has 0 radical (unpaired) electrons. The van der Waals surface area contributed by atoms with Gasteiger partial charge in [0.25, 0.3) is 5.91 Å². The highest BCUT2D eigenvalue weighted by atomic mass is 35.5. The van der Waals surface area contributed by atoms with Crippen molar-refractivity contribution in [3.8, 4) is 0 Å². The quantitative estimate of drug-likeness (QED) is 0.829. The highest BCUT2D eigenvalue weighted by Crippen LogP contribution is 2.16. The Morgan fingerprint density at radius 2 is 1.96 bits per heavy atom. The van der Waals surface area contributed by atoms with Crippen molar-refractivity contribution in [1.29, 1.82) is 0 Å². The molecule has 3 rings (SSSR count). The van der Waals surface area contributed by atoms with Crippen LogP contribution in [-0.4, -0.2) is 46.9 Å². The summed E-state index contributed by atoms with van der Waals surface area (Å²) in [7, 11) is 0. The number of halogens is 3. The van der Waals surface area contributed by atoms with Crippen molar-refractivity contribution in [1.82, 2.24) is 14.8 Å². The molecule has 130 valence electrons. The first kappa shape index (κ1) is 18.8. The van der Waals surface area contributed by atoms with Crippen molar-refractivity contribution in [3.63, 3.8) is 0 Å². The zero-order valence-corrected chi connectivity index (χ0v) is 14.8. The molecule has 0 saturated carbocycles. The summed E-state index contributed by atoms with van der Waals surface area (Å²) in [6, 6.07) is 3.06. The molecule has 1 saturated heterocycles. The predicted molar refractivity (Wildman–Crippen MR) is 91.6 cm³/mol. The van der Waals surface area contributed by atoms with Gasteiger partial charge in [-0.2, -0.15) is 0 Å². The molecule has 0 N–H and O–H groups in total. The molecule has 0 spiro atoms. The number of piperazine rings is 1. The maximum atomic E-state index is 13.7. The molecule has 24 heavy (non-hydrogen) atoms. The van der Waals surface area contributed by atoms with Crippen LogP contribution in [0.3, 0.4) is 0 Å². The van der Waals surface area contributed by atoms with Crippen molar-refractivity contribution >= 4 is 29.7 Å². The first-order valence-electron chi connectivity index (χ1n) is 7.40. The standard InChI is InChI=1S/C16H17F2N3OS.ClH/c1-11-10-23-15(19-11)9-20-4-6-21(7-5-20)16(22)13-3-2-12(17)8-14(13)18;/h2-3,8,10H,4-7,9H2,1H3;1H. The number of benzene rings is 1. The lowest BCUT2D eigenvalue weighted by molar-refractivity contribution is 0.0624. The maximum Gasteiger partial charge on any atom is 0.256 e. The molecule has 1 amide bonds. The number of amides is 1. The molecule has 1 aliphatic heterocycles. The third-order valence-electron chi connectivity index (χ3n) is 3.85. The van der Waals surface area contributed by atoms with Crippen LogP contribution in [0.25, 0.3) is 0 Å². The second-order valence-electron chi connectivity index (χ2n) is 5.58. The molecule has 1 aromatic heterocycles. The molecule has 8 heteroatoms. The largest absolute Gasteiger partial charge is 0.336 e. The Morgan fingerprint density at radius 3 is 2.54 bits per heavy atom. The molecule has 0 bridgehead atoms. The fourth-order valence-corrected chi connectivity index (χ4v) is 3.42. The monoisotopic (exact) mass is 373 g/mol. The van der Waals surface area contributed by atoms with Crippen LogP contribution in [0.2, 0.25) is 0 Å². The summed E-state index contributed by atoms with van der Waals surface area (Å²) in [5.41, 5.74) is 0.945. The molecular formula is C16H18ClF2N3OS. The minimum atomic E-state index is -0.810. The summed E-state index contributed by atoms with van der Waals surface area (Å²) in [5, 5.41) is 3.08. The molecule has 1 fully saturated rings. The van der Waals surface area contributed by atoms with Gasteiger partial charge in [0.1, 0.15) is 16.6 Å². The number of carbonyl (C=O) groups is 1. The van der Waals surface area contributed by atoms with Crippen LogP contribution in [-0.2, 0) is 6.54 Å². The second-order valence-corrected chi connectivity index (χ2v) is 6.52. The van der Waals surface area contributed by atoms with Gasteiger partial charge < -0.3 is 4.90 Å². The minimum Gasteiger partial charge on any atom is -0.336 e. The normalized spacial score (nSPS) is 15.2. The van der Waals surface area contributed by atoms with E-state index < -0.39 is 11.6 Å². The van der Waals surface area contributed by atoms with E-state index in [9.17, 15) is 13.6 Å². The first-order valence-corrected chi connectivity index (χ1v) is 8.28. The van der Waals surface area contributed by atoms with Gasteiger partial charge in [0.2, 0.25) is 0 Å². The number of nitrogens with zero attached hydrogens (tertiary/aromatic N) is 3. The Kier molecular flexibility index (Phi) is 6.26. The molecule has 2 aromatic rings. The van der Waals surface area contributed by atoms with Crippen molar-refractivity contribution in [2.24, 2.45) is 0 Å². The summed E-state index contributed by atoms with van der Waals surface area (Å²) >= 11 is 1.63. The number of hydrogen-bond acceptors (Lipinski definition) is 4. The number of aryl methyl sites for hydroxylation is 1. The van der Waals surface area contributed by atoms with Gasteiger partial charge in [-0.1, -0.05) is 0 Å². The van der Waals surface area contributed by atoms with Gasteiger partial charge >= 0.3 is 0 Å². The summed E-state index contributed by atoms with van der Waals surface area (Å²) in [6.45, 7) is 5.22. The maximum absolute atomic E-state index is 13.7. The van der Waals surface area contributed by atoms with Crippen LogP contribution < -0.4 is 0 Å². The Labute approximate surface area is 149 Å². The molecule has 2 heterocycles. The van der Waals surface area contributed by atoms with E-state index in [-0.39, 0.29) is 23.9 Å². The first-order chi connectivity index (χ1) is 11.0. The van der Waals surface area contributed by atoms with Gasteiger partial charge in [-0.05, 0) is 19.1 Å². The van der Waals surface area contributed by atoms with Gasteiger partial charge in [-0.3, -0.25) is 9.69 Å². The summed E-state index contributed by atoms with van der Waals surface area (Å²) in [6.07, 6.45) is 0. The van der Waals surface area contributed by atoms with E-state index >= 15 is 0 Å². The fourth-order valence-electron chi connectivity index (χ4n) is 2.61. The fraction of sp³-hybridized carbons (Fsp3) is 0.375. The zero-order valence-electron chi connectivity index (χ0n) is 13.2. The van der Waals surface area contributed by atoms with Crippen molar-refractivity contribution in [2.75, 3.05) is 26.2 Å². The minimum absolute atomic E-state index is 0. The average molecular weight is 374 g/mol. The van der Waals surface area contributed by atoms with Crippen LogP contribution in [0.1, 0.15) is 21.1 Å². The molecule has 4 nitrogen and oxygen atoms in total. The van der Waals surface area contributed by atoms with E-state index in [1.165, 1.54) is 6.07 Å². The molecular weight excluding hydrogens is 356 g/mol. The SMILES string of the molecule is Cc1csc(CN2CCN(C(=O)c3ccc(F)cc3F)CC2)n1.Cl. The Hall–Kier alpha value is -1.57. The van der Waals surface area contributed by atoms with E-state index in [2.05, 4.69) is 9.88 Å². The lowest BCUT2D eigenvalue weighted by Crippen LogP contribution is -2.48. The van der Waals surface area contributed by atoms with Gasteiger partial charge in [0, 0.05) is 43.3 Å². The molecule has 0 unspecified atom stereocenters. The van der Waals surface area contributed by atoms with Crippen molar-refractivity contribution in [3.05, 3.63) is 51.5 Å². The molecule has 1 aromatic carbocycles. The van der Waals surface area contributed by atoms with E-state index in [1.54, 1.807) is 16.2 Å². The third kappa shape index (κ3) is 4.28. The number of carbonyl (C=O) groups excluding carboxylic acids is 1. The second kappa shape index (κ2) is 8.00. The van der Waals surface area contributed by atoms with Crippen molar-refractivity contribution in [2.45, 2.75) is 13.5 Å². The van der Waals surface area contributed by atoms with Crippen LogP contribution in [0.5, 0.6) is 0 Å².